The number of aliphatic hydroxyl groups is 3. The van der Waals surface area contributed by atoms with Crippen LogP contribution in [0, 0.1) is 0 Å². The van der Waals surface area contributed by atoms with E-state index in [0.29, 0.717) is 12.8 Å². The van der Waals surface area contributed by atoms with E-state index in [1.807, 2.05) is 0 Å². The minimum absolute atomic E-state index is 0.0713. The Balaban J connectivity index is 2.47. The summed E-state index contributed by atoms with van der Waals surface area (Å²) in [4.78, 5) is 39.5. The third-order valence-corrected chi connectivity index (χ3v) is 12.2. The van der Waals surface area contributed by atoms with Gasteiger partial charge in [-0.25, -0.2) is 8.98 Å². The van der Waals surface area contributed by atoms with Gasteiger partial charge in [-0.15, -0.1) is 0 Å². The number of unbranched alkanes of at least 4 members (excludes halogenated alkanes) is 22. The zero-order valence-electron chi connectivity index (χ0n) is 40.3. The zero-order valence-corrected chi connectivity index (χ0v) is 41.1. The number of carbonyl (C=O) groups excluding carboxylic acids is 3. The lowest BCUT2D eigenvalue weighted by molar-refractivity contribution is -0.152. The summed E-state index contributed by atoms with van der Waals surface area (Å²) in [6.45, 7) is 3.37. The van der Waals surface area contributed by atoms with E-state index in [9.17, 15) is 38.1 Å². The Hall–Kier alpha value is -2.60. The van der Waals surface area contributed by atoms with Crippen molar-refractivity contribution in [3.8, 4) is 0 Å². The standard InChI is InChI=1S/C49H90N2O13S/c1-3-5-7-9-11-13-15-17-19-21-23-25-27-29-31-34-45(54)61-40-42(41-62-46(55)35-32-30-28-26-24-22-20-18-16-14-12-10-8-6-4-2)63-49(57)50-36-33-37-51-38-44(53)48(64-65(58,59)60)47(56)43(51)39-52/h17-20,42-44,47-48,52-53,56H,3-16,21-41H2,1-2H3,(H,50,57)(H,58,59,60)/b19-17-,20-18-/t43-,44+,47-,48-/m1/s1. The predicted molar refractivity (Wildman–Crippen MR) is 255 cm³/mol. The van der Waals surface area contributed by atoms with E-state index < -0.39 is 65.5 Å². The number of ether oxygens (including phenoxy) is 3. The predicted octanol–water partition coefficient (Wildman–Crippen LogP) is 9.22. The number of hydrogen-bond acceptors (Lipinski definition) is 13. The molecule has 0 aliphatic carbocycles. The molecule has 1 aliphatic heterocycles. The van der Waals surface area contributed by atoms with Crippen LogP contribution in [-0.4, -0.2) is 121 Å². The minimum atomic E-state index is -4.97. The van der Waals surface area contributed by atoms with Crippen LogP contribution in [0.25, 0.3) is 0 Å². The van der Waals surface area contributed by atoms with Gasteiger partial charge < -0.3 is 34.8 Å². The van der Waals surface area contributed by atoms with Gasteiger partial charge in [0.15, 0.2) is 6.10 Å². The molecule has 0 bridgehead atoms. The second kappa shape index (κ2) is 40.5. The van der Waals surface area contributed by atoms with E-state index in [-0.39, 0.29) is 52.1 Å². The maximum atomic E-state index is 12.8. The molecule has 65 heavy (non-hydrogen) atoms. The smallest absolute Gasteiger partial charge is 0.407 e. The first-order valence-electron chi connectivity index (χ1n) is 25.3. The Morgan fingerprint density at radius 1 is 0.646 bits per heavy atom. The highest BCUT2D eigenvalue weighted by Crippen LogP contribution is 2.23. The molecule has 0 spiro atoms. The Morgan fingerprint density at radius 2 is 1.06 bits per heavy atom. The Kier molecular flexibility index (Phi) is 37.6. The minimum Gasteiger partial charge on any atom is -0.462 e. The number of esters is 2. The van der Waals surface area contributed by atoms with E-state index in [1.54, 1.807) is 0 Å². The first-order valence-corrected chi connectivity index (χ1v) is 26.7. The summed E-state index contributed by atoms with van der Waals surface area (Å²) in [5, 5.41) is 33.3. The number of amides is 1. The number of nitrogens with zero attached hydrogens (tertiary/aromatic N) is 1. The first kappa shape index (κ1) is 60.4. The topological polar surface area (TPSA) is 218 Å². The molecule has 15 nitrogen and oxygen atoms in total. The number of aliphatic hydroxyl groups excluding tert-OH is 3. The van der Waals surface area contributed by atoms with Crippen LogP contribution in [-0.2, 0) is 38.4 Å². The third-order valence-electron chi connectivity index (χ3n) is 11.7. The van der Waals surface area contributed by atoms with Crippen molar-refractivity contribution in [2.45, 2.75) is 231 Å². The number of hydrogen-bond donors (Lipinski definition) is 5. The van der Waals surface area contributed by atoms with Gasteiger partial charge >= 0.3 is 28.4 Å². The molecule has 1 saturated heterocycles. The maximum Gasteiger partial charge on any atom is 0.407 e. The average Bonchev–Trinajstić information content (AvgIpc) is 3.27. The van der Waals surface area contributed by atoms with Crippen LogP contribution >= 0.6 is 0 Å². The molecule has 4 atom stereocenters. The van der Waals surface area contributed by atoms with E-state index in [4.69, 9.17) is 18.8 Å². The van der Waals surface area contributed by atoms with Gasteiger partial charge in [-0.05, 0) is 70.6 Å². The molecule has 1 fully saturated rings. The lowest BCUT2D eigenvalue weighted by Gasteiger charge is -2.44. The molecule has 0 saturated carbocycles. The van der Waals surface area contributed by atoms with E-state index in [0.717, 1.165) is 77.0 Å². The molecule has 1 rings (SSSR count). The second-order valence-corrected chi connectivity index (χ2v) is 18.7. The second-order valence-electron chi connectivity index (χ2n) is 17.6. The van der Waals surface area contributed by atoms with Crippen molar-refractivity contribution in [2.75, 3.05) is 39.5 Å². The number of likely N-dealkylation sites (tertiary alicyclic amines) is 1. The van der Waals surface area contributed by atoms with Crippen molar-refractivity contribution in [3.63, 3.8) is 0 Å². The highest BCUT2D eigenvalue weighted by atomic mass is 32.3. The summed E-state index contributed by atoms with van der Waals surface area (Å²) in [6.07, 6.45) is 33.0. The molecule has 0 aromatic carbocycles. The van der Waals surface area contributed by atoms with Crippen LogP contribution in [0.4, 0.5) is 4.79 Å². The first-order chi connectivity index (χ1) is 31.4. The molecule has 1 heterocycles. The summed E-state index contributed by atoms with van der Waals surface area (Å²) in [5.74, 6) is -0.852. The maximum absolute atomic E-state index is 12.8. The Bertz CT molecular complexity index is 1310. The lowest BCUT2D eigenvalue weighted by Crippen LogP contribution is -2.63. The Labute approximate surface area is 392 Å². The fraction of sp³-hybridized carbons (Fsp3) is 0.857. The Morgan fingerprint density at radius 3 is 1.48 bits per heavy atom. The van der Waals surface area contributed by atoms with Crippen LogP contribution in [0.5, 0.6) is 0 Å². The lowest BCUT2D eigenvalue weighted by atomic mass is 9.94. The summed E-state index contributed by atoms with van der Waals surface area (Å²) in [6, 6.07) is -1.01. The molecule has 0 aromatic rings. The van der Waals surface area contributed by atoms with Crippen molar-refractivity contribution < 1.29 is 61.1 Å². The highest BCUT2D eigenvalue weighted by molar-refractivity contribution is 7.80. The van der Waals surface area contributed by atoms with Gasteiger partial charge in [0.05, 0.1) is 18.8 Å². The normalized spacial score (nSPS) is 18.2. The molecule has 0 unspecified atom stereocenters. The summed E-state index contributed by atoms with van der Waals surface area (Å²) in [7, 11) is -4.97. The molecular weight excluding hydrogens is 857 g/mol. The molecule has 0 aromatic heterocycles. The van der Waals surface area contributed by atoms with Crippen LogP contribution in [0.2, 0.25) is 0 Å². The van der Waals surface area contributed by atoms with E-state index in [1.165, 1.54) is 81.9 Å². The number of rotatable bonds is 42. The van der Waals surface area contributed by atoms with Gasteiger partial charge in [0.2, 0.25) is 0 Å². The summed E-state index contributed by atoms with van der Waals surface area (Å²) in [5.41, 5.74) is 0. The quantitative estimate of drug-likeness (QED) is 0.0127. The molecule has 1 aliphatic rings. The molecular formula is C49H90N2O13S. The van der Waals surface area contributed by atoms with Gasteiger partial charge in [0, 0.05) is 32.5 Å². The molecule has 380 valence electrons. The van der Waals surface area contributed by atoms with Crippen LogP contribution in [0.3, 0.4) is 0 Å². The van der Waals surface area contributed by atoms with Crippen molar-refractivity contribution >= 4 is 28.4 Å². The van der Waals surface area contributed by atoms with Crippen LogP contribution < -0.4 is 5.32 Å². The van der Waals surface area contributed by atoms with Crippen molar-refractivity contribution in [1.29, 1.82) is 0 Å². The number of allylic oxidation sites excluding steroid dienone is 4. The van der Waals surface area contributed by atoms with Gasteiger partial charge in [-0.3, -0.25) is 19.0 Å². The van der Waals surface area contributed by atoms with E-state index >= 15 is 0 Å². The third kappa shape index (κ3) is 34.4. The van der Waals surface area contributed by atoms with Gasteiger partial charge in [0.1, 0.15) is 25.4 Å². The van der Waals surface area contributed by atoms with Gasteiger partial charge in [-0.1, -0.05) is 141 Å². The van der Waals surface area contributed by atoms with Crippen LogP contribution in [0.15, 0.2) is 24.3 Å². The average molecular weight is 947 g/mol. The molecule has 1 amide bonds. The highest BCUT2D eigenvalue weighted by Gasteiger charge is 2.44. The number of carbonyl (C=O) groups is 3. The van der Waals surface area contributed by atoms with Crippen molar-refractivity contribution in [3.05, 3.63) is 24.3 Å². The zero-order chi connectivity index (χ0) is 47.8. The molecule has 0 radical (unpaired) electrons. The number of β-amino-alcohol motifs (C(OH)–C–C–N with tert-alkyl or cyclic N) is 1. The molecule has 5 N–H and O–H groups in total. The van der Waals surface area contributed by atoms with E-state index in [2.05, 4.69) is 47.7 Å². The fourth-order valence-corrected chi connectivity index (χ4v) is 8.39. The fourth-order valence-electron chi connectivity index (χ4n) is 7.86. The SMILES string of the molecule is CCCCCCCC/C=C\CCCCCCCC(=O)OCC(COC(=O)CCCCCCC/C=C\CCCCCCCC)OC(=O)NCCCN1C[C@H](O)[C@@H](OS(=O)(=O)O)[C@H](O)[C@H]1CO. The number of nitrogens with one attached hydrogen (secondary N) is 1. The molecule has 16 heteroatoms. The van der Waals surface area contributed by atoms with Gasteiger partial charge in [0.25, 0.3) is 0 Å². The largest absolute Gasteiger partial charge is 0.462 e. The summed E-state index contributed by atoms with van der Waals surface area (Å²) < 4.78 is 52.2. The summed E-state index contributed by atoms with van der Waals surface area (Å²) >= 11 is 0. The number of alkyl carbamates (subject to hydrolysis) is 1. The van der Waals surface area contributed by atoms with Gasteiger partial charge in [-0.2, -0.15) is 8.42 Å². The van der Waals surface area contributed by atoms with Crippen molar-refractivity contribution in [1.82, 2.24) is 10.2 Å². The van der Waals surface area contributed by atoms with Crippen molar-refractivity contribution in [2.24, 2.45) is 0 Å². The van der Waals surface area contributed by atoms with Crippen LogP contribution in [0.1, 0.15) is 200 Å². The number of piperidine rings is 1. The monoisotopic (exact) mass is 947 g/mol.